The van der Waals surface area contributed by atoms with Crippen LogP contribution in [0.2, 0.25) is 0 Å². The Bertz CT molecular complexity index is 2360. The van der Waals surface area contributed by atoms with E-state index < -0.39 is 0 Å². The molecule has 0 saturated carbocycles. The number of rotatable bonds is 6. The molecule has 0 amide bonds. The van der Waals surface area contributed by atoms with Crippen LogP contribution in [0.15, 0.2) is 183 Å². The molecule has 3 heteroatoms. The maximum Gasteiger partial charge on any atom is 0.0727 e. The highest BCUT2D eigenvalue weighted by Gasteiger charge is 2.18. The van der Waals surface area contributed by atoms with Crippen molar-refractivity contribution in [3.63, 3.8) is 0 Å². The molecule has 0 aliphatic carbocycles. The minimum Gasteiger partial charge on any atom is -0.372 e. The third-order valence-electron chi connectivity index (χ3n) is 9.76. The fourth-order valence-corrected chi connectivity index (χ4v) is 7.14. The molecule has 0 N–H and O–H groups in total. The van der Waals surface area contributed by atoms with E-state index in [4.69, 9.17) is 4.74 Å². The summed E-state index contributed by atoms with van der Waals surface area (Å²) in [6.45, 7) is 1.12. The lowest BCUT2D eigenvalue weighted by atomic mass is 9.88. The molecule has 0 saturated heterocycles. The van der Waals surface area contributed by atoms with E-state index in [0.29, 0.717) is 13.2 Å². The Balaban J connectivity index is 1.14. The van der Waals surface area contributed by atoms with Crippen molar-refractivity contribution in [3.05, 3.63) is 194 Å². The summed E-state index contributed by atoms with van der Waals surface area (Å²) in [7, 11) is 0. The molecule has 9 rings (SSSR count). The Morgan fingerprint density at radius 3 is 1.29 bits per heavy atom. The number of aromatic nitrogens is 2. The zero-order valence-electron chi connectivity index (χ0n) is 28.0. The van der Waals surface area contributed by atoms with Gasteiger partial charge < -0.3 is 4.74 Å². The number of nitrogens with zero attached hydrogens (tertiary/aromatic N) is 2. The van der Waals surface area contributed by atoms with Gasteiger partial charge >= 0.3 is 0 Å². The molecule has 0 unspecified atom stereocenters. The number of hydrogen-bond acceptors (Lipinski definition) is 3. The van der Waals surface area contributed by atoms with Crippen molar-refractivity contribution in [2.24, 2.45) is 0 Å². The first kappa shape index (κ1) is 30.6. The summed E-state index contributed by atoms with van der Waals surface area (Å²) in [6, 6.07) is 56.8. The van der Waals surface area contributed by atoms with Gasteiger partial charge in [-0.2, -0.15) is 0 Å². The molecule has 0 atom stereocenters. The molecule has 0 radical (unpaired) electrons. The third-order valence-corrected chi connectivity index (χ3v) is 9.76. The van der Waals surface area contributed by atoms with E-state index in [9.17, 15) is 0 Å². The highest BCUT2D eigenvalue weighted by atomic mass is 16.5. The van der Waals surface area contributed by atoms with Crippen LogP contribution in [0.25, 0.3) is 77.9 Å². The van der Waals surface area contributed by atoms with Crippen molar-refractivity contribution in [3.8, 4) is 77.9 Å². The summed E-state index contributed by atoms with van der Waals surface area (Å²) in [5.74, 6) is 0. The van der Waals surface area contributed by atoms with Gasteiger partial charge in [-0.15, -0.1) is 0 Å². The first-order valence-corrected chi connectivity index (χ1v) is 17.3. The minimum atomic E-state index is 0.548. The van der Waals surface area contributed by atoms with Crippen LogP contribution in [0.4, 0.5) is 0 Å². The van der Waals surface area contributed by atoms with Gasteiger partial charge in [0, 0.05) is 35.9 Å². The molecule has 0 bridgehead atoms. The Hall–Kier alpha value is -6.42. The first-order chi connectivity index (χ1) is 25.2. The number of benzene rings is 6. The summed E-state index contributed by atoms with van der Waals surface area (Å²) in [6.07, 6.45) is 7.47. The average molecular weight is 655 g/mol. The van der Waals surface area contributed by atoms with Crippen LogP contribution in [0, 0.1) is 0 Å². The highest BCUT2D eigenvalue weighted by molar-refractivity contribution is 5.86. The molecule has 3 heterocycles. The van der Waals surface area contributed by atoms with Crippen LogP contribution in [0.3, 0.4) is 0 Å². The molecule has 8 aromatic rings. The van der Waals surface area contributed by atoms with Gasteiger partial charge in [0.05, 0.1) is 13.2 Å². The Morgan fingerprint density at radius 2 is 0.765 bits per heavy atom. The highest BCUT2D eigenvalue weighted by Crippen LogP contribution is 2.40. The second-order valence-electron chi connectivity index (χ2n) is 13.1. The molecule has 51 heavy (non-hydrogen) atoms. The maximum absolute atomic E-state index is 6.31. The molecule has 2 aromatic heterocycles. The van der Waals surface area contributed by atoms with Crippen LogP contribution in [-0.4, -0.2) is 9.97 Å². The summed E-state index contributed by atoms with van der Waals surface area (Å²) < 4.78 is 6.31. The van der Waals surface area contributed by atoms with Crippen molar-refractivity contribution < 1.29 is 4.74 Å². The molecule has 3 nitrogen and oxygen atoms in total. The van der Waals surface area contributed by atoms with Crippen molar-refractivity contribution in [1.29, 1.82) is 0 Å². The maximum atomic E-state index is 6.31. The number of pyridine rings is 2. The Kier molecular flexibility index (Phi) is 8.09. The first-order valence-electron chi connectivity index (χ1n) is 17.3. The van der Waals surface area contributed by atoms with Gasteiger partial charge in [-0.25, -0.2) is 0 Å². The van der Waals surface area contributed by atoms with Gasteiger partial charge in [0.2, 0.25) is 0 Å². The Morgan fingerprint density at radius 1 is 0.314 bits per heavy atom. The second-order valence-corrected chi connectivity index (χ2v) is 13.1. The standard InChI is InChI=1S/C48H34N2O/c1-3-9-33(10-4-1)40-22-41(34-11-5-2-6-12-34)24-43(23-40)36-15-16-39-31-51-32-46-21-35(17-18-47(46)48(39)28-36)42-25-44(37-13-7-19-49-29-37)27-45(26-42)38-14-8-20-50-30-38/h1-30H,31-32H2. The van der Waals surface area contributed by atoms with Crippen LogP contribution in [-0.2, 0) is 18.0 Å². The fraction of sp³-hybridized carbons (Fsp3) is 0.0417. The van der Waals surface area contributed by atoms with Gasteiger partial charge in [0.25, 0.3) is 0 Å². The molecular weight excluding hydrogens is 621 g/mol. The van der Waals surface area contributed by atoms with E-state index in [-0.39, 0.29) is 0 Å². The van der Waals surface area contributed by atoms with Gasteiger partial charge in [0.15, 0.2) is 0 Å². The normalized spacial score (nSPS) is 12.1. The molecule has 242 valence electrons. The molecule has 0 spiro atoms. The number of hydrogen-bond donors (Lipinski definition) is 0. The molecule has 1 aliphatic rings. The van der Waals surface area contributed by atoms with Crippen LogP contribution >= 0.6 is 0 Å². The fourth-order valence-electron chi connectivity index (χ4n) is 7.14. The lowest BCUT2D eigenvalue weighted by molar-refractivity contribution is 0.110. The number of ether oxygens (including phenoxy) is 1. The summed E-state index contributed by atoms with van der Waals surface area (Å²) >= 11 is 0. The van der Waals surface area contributed by atoms with Crippen LogP contribution < -0.4 is 0 Å². The summed E-state index contributed by atoms with van der Waals surface area (Å²) in [5.41, 5.74) is 18.7. The van der Waals surface area contributed by atoms with E-state index in [1.165, 1.54) is 55.6 Å². The molecular formula is C48H34N2O. The van der Waals surface area contributed by atoms with Crippen molar-refractivity contribution >= 4 is 0 Å². The van der Waals surface area contributed by atoms with E-state index in [1.54, 1.807) is 0 Å². The zero-order chi connectivity index (χ0) is 34.0. The third kappa shape index (κ3) is 6.27. The predicted octanol–water partition coefficient (Wildman–Crippen LogP) is 12.2. The SMILES string of the molecule is c1ccc(-c2cc(-c3ccccc3)cc(-c3ccc4c(c3)-c3ccc(-c5cc(-c6cccnc6)cc(-c6cccnc6)c5)cc3COC4)c2)cc1. The van der Waals surface area contributed by atoms with Gasteiger partial charge in [-0.1, -0.05) is 97.1 Å². The topological polar surface area (TPSA) is 35.0 Å². The molecule has 0 fully saturated rings. The van der Waals surface area contributed by atoms with Crippen LogP contribution in [0.1, 0.15) is 11.1 Å². The van der Waals surface area contributed by atoms with Crippen molar-refractivity contribution in [2.45, 2.75) is 13.2 Å². The summed E-state index contributed by atoms with van der Waals surface area (Å²) in [4.78, 5) is 8.79. The van der Waals surface area contributed by atoms with Gasteiger partial charge in [-0.05, 0) is 139 Å². The number of fused-ring (bicyclic) bond motifs is 3. The van der Waals surface area contributed by atoms with E-state index in [0.717, 1.165) is 33.4 Å². The lowest BCUT2D eigenvalue weighted by Crippen LogP contribution is -1.92. The van der Waals surface area contributed by atoms with Crippen molar-refractivity contribution in [1.82, 2.24) is 9.97 Å². The van der Waals surface area contributed by atoms with E-state index >= 15 is 0 Å². The van der Waals surface area contributed by atoms with E-state index in [2.05, 4.69) is 156 Å². The van der Waals surface area contributed by atoms with Gasteiger partial charge in [0.1, 0.15) is 0 Å². The molecule has 6 aromatic carbocycles. The Labute approximate surface area is 298 Å². The zero-order valence-corrected chi connectivity index (χ0v) is 28.0. The van der Waals surface area contributed by atoms with Crippen LogP contribution in [0.5, 0.6) is 0 Å². The second kappa shape index (κ2) is 13.5. The molecule has 1 aliphatic heterocycles. The smallest absolute Gasteiger partial charge is 0.0727 e. The average Bonchev–Trinajstić information content (AvgIpc) is 3.40. The largest absolute Gasteiger partial charge is 0.372 e. The van der Waals surface area contributed by atoms with Crippen molar-refractivity contribution in [2.75, 3.05) is 0 Å². The van der Waals surface area contributed by atoms with Gasteiger partial charge in [-0.3, -0.25) is 9.97 Å². The predicted molar refractivity (Wildman–Crippen MR) is 209 cm³/mol. The minimum absolute atomic E-state index is 0.548. The quantitative estimate of drug-likeness (QED) is 0.179. The summed E-state index contributed by atoms with van der Waals surface area (Å²) in [5, 5.41) is 0. The van der Waals surface area contributed by atoms with E-state index in [1.807, 2.05) is 36.9 Å². The monoisotopic (exact) mass is 654 g/mol. The lowest BCUT2D eigenvalue weighted by Gasteiger charge is -2.15.